The van der Waals surface area contributed by atoms with E-state index in [0.717, 1.165) is 6.42 Å². The van der Waals surface area contributed by atoms with Crippen molar-refractivity contribution in [3.8, 4) is 0 Å². The second-order valence-electron chi connectivity index (χ2n) is 5.62. The van der Waals surface area contributed by atoms with E-state index in [1.165, 1.54) is 25.0 Å². The Hall–Kier alpha value is -0.980. The summed E-state index contributed by atoms with van der Waals surface area (Å²) >= 11 is 0. The molecule has 0 radical (unpaired) electrons. The SMILES string of the molecule is Cc1cc(S(=O)(=O)NC(C)CC2CC2)cc(CN)c1F. The lowest BCUT2D eigenvalue weighted by molar-refractivity contribution is 0.529. The molecule has 0 aliphatic heterocycles. The Morgan fingerprint density at radius 3 is 2.65 bits per heavy atom. The minimum Gasteiger partial charge on any atom is -0.326 e. The molecule has 1 fully saturated rings. The second kappa shape index (κ2) is 5.79. The zero-order chi connectivity index (χ0) is 14.9. The highest BCUT2D eigenvalue weighted by molar-refractivity contribution is 7.89. The van der Waals surface area contributed by atoms with Gasteiger partial charge >= 0.3 is 0 Å². The Bertz CT molecular complexity index is 597. The first kappa shape index (κ1) is 15.4. The molecule has 1 saturated carbocycles. The van der Waals surface area contributed by atoms with Gasteiger partial charge in [0.1, 0.15) is 5.82 Å². The highest BCUT2D eigenvalue weighted by Gasteiger charge is 2.26. The molecule has 1 atom stereocenters. The van der Waals surface area contributed by atoms with Crippen molar-refractivity contribution in [2.75, 3.05) is 0 Å². The van der Waals surface area contributed by atoms with Gasteiger partial charge in [0.15, 0.2) is 0 Å². The quantitative estimate of drug-likeness (QED) is 0.844. The largest absolute Gasteiger partial charge is 0.326 e. The first-order valence-corrected chi connectivity index (χ1v) is 8.33. The molecular formula is C14H21FN2O2S. The average molecular weight is 300 g/mol. The molecule has 0 spiro atoms. The van der Waals surface area contributed by atoms with E-state index in [-0.39, 0.29) is 23.0 Å². The van der Waals surface area contributed by atoms with Gasteiger partial charge in [-0.25, -0.2) is 17.5 Å². The predicted octanol–water partition coefficient (Wildman–Crippen LogP) is 2.06. The van der Waals surface area contributed by atoms with E-state index < -0.39 is 15.8 Å². The third-order valence-electron chi connectivity index (χ3n) is 3.57. The number of nitrogens with two attached hydrogens (primary N) is 1. The van der Waals surface area contributed by atoms with E-state index in [1.54, 1.807) is 6.92 Å². The van der Waals surface area contributed by atoms with Crippen molar-refractivity contribution < 1.29 is 12.8 Å². The van der Waals surface area contributed by atoms with Gasteiger partial charge in [-0.1, -0.05) is 12.8 Å². The monoisotopic (exact) mass is 300 g/mol. The lowest BCUT2D eigenvalue weighted by atomic mass is 10.1. The lowest BCUT2D eigenvalue weighted by Crippen LogP contribution is -2.33. The summed E-state index contributed by atoms with van der Waals surface area (Å²) in [6.07, 6.45) is 3.21. The molecule has 1 unspecified atom stereocenters. The molecule has 1 aromatic carbocycles. The van der Waals surface area contributed by atoms with Crippen LogP contribution in [0.1, 0.15) is 37.3 Å². The van der Waals surface area contributed by atoms with E-state index in [9.17, 15) is 12.8 Å². The van der Waals surface area contributed by atoms with E-state index in [1.807, 2.05) is 6.92 Å². The standard InChI is InChI=1S/C14H21FN2O2S/c1-9-5-13(7-12(8-16)14(9)15)20(18,19)17-10(2)6-11-3-4-11/h5,7,10-11,17H,3-4,6,8,16H2,1-2H3. The Labute approximate surface area is 119 Å². The van der Waals surface area contributed by atoms with Gasteiger partial charge in [0.05, 0.1) is 4.90 Å². The summed E-state index contributed by atoms with van der Waals surface area (Å²) in [5, 5.41) is 0. The maximum absolute atomic E-state index is 13.7. The van der Waals surface area contributed by atoms with Gasteiger partial charge in [-0.3, -0.25) is 0 Å². The maximum atomic E-state index is 13.7. The highest BCUT2D eigenvalue weighted by atomic mass is 32.2. The Morgan fingerprint density at radius 2 is 2.10 bits per heavy atom. The predicted molar refractivity (Wildman–Crippen MR) is 76.2 cm³/mol. The van der Waals surface area contributed by atoms with Gasteiger partial charge in [0, 0.05) is 18.2 Å². The van der Waals surface area contributed by atoms with Crippen molar-refractivity contribution in [1.82, 2.24) is 4.72 Å². The molecule has 20 heavy (non-hydrogen) atoms. The minimum atomic E-state index is -3.62. The van der Waals surface area contributed by atoms with E-state index in [2.05, 4.69) is 4.72 Å². The van der Waals surface area contributed by atoms with Crippen molar-refractivity contribution in [1.29, 1.82) is 0 Å². The fraction of sp³-hybridized carbons (Fsp3) is 0.571. The zero-order valence-electron chi connectivity index (χ0n) is 11.8. The second-order valence-corrected chi connectivity index (χ2v) is 7.33. The highest BCUT2D eigenvalue weighted by Crippen LogP contribution is 2.33. The molecule has 3 N–H and O–H groups in total. The number of rotatable bonds is 6. The van der Waals surface area contributed by atoms with Gasteiger partial charge in [-0.05, 0) is 43.9 Å². The molecule has 1 aliphatic rings. The third kappa shape index (κ3) is 3.56. The van der Waals surface area contributed by atoms with Crippen molar-refractivity contribution in [3.63, 3.8) is 0 Å². The molecule has 0 heterocycles. The van der Waals surface area contributed by atoms with Gasteiger partial charge in [-0.15, -0.1) is 0 Å². The number of hydrogen-bond acceptors (Lipinski definition) is 3. The van der Waals surface area contributed by atoms with Crippen LogP contribution < -0.4 is 10.5 Å². The van der Waals surface area contributed by atoms with Crippen LogP contribution in [0.3, 0.4) is 0 Å². The number of benzene rings is 1. The Kier molecular flexibility index (Phi) is 4.46. The van der Waals surface area contributed by atoms with Crippen molar-refractivity contribution in [2.24, 2.45) is 11.7 Å². The normalized spacial score (nSPS) is 17.2. The molecule has 1 aliphatic carbocycles. The lowest BCUT2D eigenvalue weighted by Gasteiger charge is -2.15. The Morgan fingerprint density at radius 1 is 1.45 bits per heavy atom. The minimum absolute atomic E-state index is 0.0202. The van der Waals surface area contributed by atoms with Crippen molar-refractivity contribution in [3.05, 3.63) is 29.1 Å². The summed E-state index contributed by atoms with van der Waals surface area (Å²) in [6, 6.07) is 2.55. The summed E-state index contributed by atoms with van der Waals surface area (Å²) in [5.74, 6) is 0.208. The third-order valence-corrected chi connectivity index (χ3v) is 5.14. The smallest absolute Gasteiger partial charge is 0.240 e. The van der Waals surface area contributed by atoms with Gasteiger partial charge in [0.2, 0.25) is 10.0 Å². The van der Waals surface area contributed by atoms with Gasteiger partial charge < -0.3 is 5.73 Å². The summed E-state index contributed by atoms with van der Waals surface area (Å²) < 4.78 is 41.0. The van der Waals surface area contributed by atoms with Gasteiger partial charge in [-0.2, -0.15) is 0 Å². The van der Waals surface area contributed by atoms with Crippen LogP contribution >= 0.6 is 0 Å². The van der Waals surface area contributed by atoms with Crippen LogP contribution in [0.4, 0.5) is 4.39 Å². The number of nitrogens with one attached hydrogen (secondary N) is 1. The summed E-state index contributed by atoms with van der Waals surface area (Å²) in [7, 11) is -3.62. The van der Waals surface area contributed by atoms with E-state index in [0.29, 0.717) is 11.5 Å². The first-order chi connectivity index (χ1) is 9.33. The van der Waals surface area contributed by atoms with Crippen molar-refractivity contribution >= 4 is 10.0 Å². The van der Waals surface area contributed by atoms with Crippen LogP contribution in [0.5, 0.6) is 0 Å². The summed E-state index contributed by atoms with van der Waals surface area (Å²) in [6.45, 7) is 3.38. The molecule has 4 nitrogen and oxygen atoms in total. The fourth-order valence-corrected chi connectivity index (χ4v) is 3.74. The number of aryl methyl sites for hydroxylation is 1. The van der Waals surface area contributed by atoms with Crippen LogP contribution in [0.15, 0.2) is 17.0 Å². The fourth-order valence-electron chi connectivity index (χ4n) is 2.35. The van der Waals surface area contributed by atoms with Crippen LogP contribution in [0, 0.1) is 18.7 Å². The maximum Gasteiger partial charge on any atom is 0.240 e. The summed E-state index contributed by atoms with van der Waals surface area (Å²) in [4.78, 5) is 0.0829. The van der Waals surface area contributed by atoms with Crippen LogP contribution in [0.25, 0.3) is 0 Å². The molecule has 0 saturated heterocycles. The number of halogens is 1. The van der Waals surface area contributed by atoms with Crippen LogP contribution in [-0.2, 0) is 16.6 Å². The zero-order valence-corrected chi connectivity index (χ0v) is 12.6. The van der Waals surface area contributed by atoms with Crippen LogP contribution in [-0.4, -0.2) is 14.5 Å². The molecular weight excluding hydrogens is 279 g/mol. The molecule has 0 aromatic heterocycles. The molecule has 1 aromatic rings. The molecule has 6 heteroatoms. The van der Waals surface area contributed by atoms with E-state index in [4.69, 9.17) is 5.73 Å². The molecule has 2 rings (SSSR count). The molecule has 0 bridgehead atoms. The average Bonchev–Trinajstić information content (AvgIpc) is 3.15. The Balaban J connectivity index is 2.21. The number of hydrogen-bond donors (Lipinski definition) is 2. The summed E-state index contributed by atoms with van der Waals surface area (Å²) in [5.41, 5.74) is 5.97. The van der Waals surface area contributed by atoms with E-state index >= 15 is 0 Å². The topological polar surface area (TPSA) is 72.2 Å². The number of sulfonamides is 1. The molecule has 0 amide bonds. The first-order valence-electron chi connectivity index (χ1n) is 6.85. The molecule has 112 valence electrons. The van der Waals surface area contributed by atoms with Crippen LogP contribution in [0.2, 0.25) is 0 Å². The van der Waals surface area contributed by atoms with Crippen molar-refractivity contribution in [2.45, 2.75) is 50.6 Å². The van der Waals surface area contributed by atoms with Gasteiger partial charge in [0.25, 0.3) is 0 Å².